The molecule has 9 heteroatoms. The highest BCUT2D eigenvalue weighted by molar-refractivity contribution is 7.96. The monoisotopic (exact) mass is 425 g/mol. The number of rotatable bonds is 6. The van der Waals surface area contributed by atoms with Crippen LogP contribution >= 0.6 is 0 Å². The van der Waals surface area contributed by atoms with E-state index in [2.05, 4.69) is 5.32 Å². The normalized spacial score (nSPS) is 18.7. The van der Waals surface area contributed by atoms with E-state index < -0.39 is 24.9 Å². The van der Waals surface area contributed by atoms with Gasteiger partial charge in [-0.2, -0.15) is 0 Å². The second-order valence-corrected chi connectivity index (χ2v) is 11.2. The van der Waals surface area contributed by atoms with Gasteiger partial charge in [-0.3, -0.25) is 4.79 Å². The maximum absolute atomic E-state index is 12.9. The van der Waals surface area contributed by atoms with Gasteiger partial charge in [-0.15, -0.1) is 0 Å². The van der Waals surface area contributed by atoms with Crippen LogP contribution in [0.1, 0.15) is 22.3 Å². The van der Waals surface area contributed by atoms with E-state index in [0.717, 1.165) is 5.56 Å². The van der Waals surface area contributed by atoms with Gasteiger partial charge >= 0.3 is 0 Å². The van der Waals surface area contributed by atoms with Crippen LogP contribution < -0.4 is 5.32 Å². The quantitative estimate of drug-likeness (QED) is 0.761. The van der Waals surface area contributed by atoms with Crippen molar-refractivity contribution in [1.29, 1.82) is 0 Å². The van der Waals surface area contributed by atoms with E-state index in [1.54, 1.807) is 12.1 Å². The summed E-state index contributed by atoms with van der Waals surface area (Å²) in [6.07, 6.45) is 0.630. The Morgan fingerprint density at radius 3 is 2.29 bits per heavy atom. The molecule has 3 rings (SSSR count). The molecule has 1 N–H and O–H groups in total. The topological polar surface area (TPSA) is 97.4 Å². The highest BCUT2D eigenvalue weighted by Crippen LogP contribution is 2.25. The lowest BCUT2D eigenvalue weighted by Crippen LogP contribution is -2.26. The summed E-state index contributed by atoms with van der Waals surface area (Å²) in [6.45, 7) is 0.352. The van der Waals surface area contributed by atoms with Crippen LogP contribution in [0, 0.1) is 5.82 Å². The summed E-state index contributed by atoms with van der Waals surface area (Å²) >= 11 is 0. The average Bonchev–Trinajstić information content (AvgIpc) is 3.04. The van der Waals surface area contributed by atoms with Gasteiger partial charge in [-0.05, 0) is 54.8 Å². The van der Waals surface area contributed by atoms with E-state index in [1.165, 1.54) is 36.4 Å². The zero-order valence-electron chi connectivity index (χ0n) is 15.0. The molecule has 1 aliphatic rings. The van der Waals surface area contributed by atoms with Gasteiger partial charge < -0.3 is 5.32 Å². The lowest BCUT2D eigenvalue weighted by molar-refractivity contribution is 0.0954. The van der Waals surface area contributed by atoms with Crippen molar-refractivity contribution >= 4 is 25.6 Å². The Morgan fingerprint density at radius 1 is 1.07 bits per heavy atom. The number of carbonyl (C=O) groups excluding carboxylic acids is 1. The fourth-order valence-corrected chi connectivity index (χ4v) is 7.43. The zero-order chi connectivity index (χ0) is 20.4. The van der Waals surface area contributed by atoms with Crippen molar-refractivity contribution in [2.24, 2.45) is 0 Å². The molecule has 1 amide bonds. The highest BCUT2D eigenvalue weighted by Gasteiger charge is 2.37. The third-order valence-electron chi connectivity index (χ3n) is 4.69. The Balaban J connectivity index is 1.60. The fraction of sp³-hybridized carbons (Fsp3) is 0.316. The molecular formula is C19H20FNO5S2. The molecule has 1 atom stereocenters. The lowest BCUT2D eigenvalue weighted by Gasteiger charge is -2.11. The molecule has 1 aliphatic heterocycles. The molecule has 0 saturated carbocycles. The van der Waals surface area contributed by atoms with Gasteiger partial charge in [0.05, 0.1) is 21.7 Å². The van der Waals surface area contributed by atoms with E-state index >= 15 is 0 Å². The molecule has 2 aromatic carbocycles. The van der Waals surface area contributed by atoms with Crippen molar-refractivity contribution in [2.75, 3.05) is 18.1 Å². The Hall–Kier alpha value is -2.26. The molecule has 2 aromatic rings. The van der Waals surface area contributed by atoms with Crippen LogP contribution in [0.3, 0.4) is 0 Å². The van der Waals surface area contributed by atoms with Crippen LogP contribution in [0.4, 0.5) is 4.39 Å². The second-order valence-electron chi connectivity index (χ2n) is 6.73. The summed E-state index contributed by atoms with van der Waals surface area (Å²) in [6, 6.07) is 11.5. The minimum atomic E-state index is -3.75. The van der Waals surface area contributed by atoms with Gasteiger partial charge in [-0.25, -0.2) is 21.2 Å². The summed E-state index contributed by atoms with van der Waals surface area (Å²) in [7, 11) is -7.06. The predicted octanol–water partition coefficient (Wildman–Crippen LogP) is 1.76. The number of amides is 1. The standard InChI is InChI=1S/C19H20FNO5S2/c20-16-5-1-14(2-6-16)9-11-21-19(22)15-3-7-17(8-4-15)28(25,26)18-10-12-27(23,24)13-18/h1-8,18H,9-13H2,(H,21,22). The second kappa shape index (κ2) is 8.00. The molecule has 1 heterocycles. The number of carbonyl (C=O) groups is 1. The van der Waals surface area contributed by atoms with Gasteiger partial charge in [-0.1, -0.05) is 12.1 Å². The van der Waals surface area contributed by atoms with Crippen LogP contribution in [0.15, 0.2) is 53.4 Å². The molecule has 1 saturated heterocycles. The maximum atomic E-state index is 12.9. The molecule has 0 aromatic heterocycles. The van der Waals surface area contributed by atoms with Crippen molar-refractivity contribution in [3.63, 3.8) is 0 Å². The summed E-state index contributed by atoms with van der Waals surface area (Å²) in [5.74, 6) is -1.15. The van der Waals surface area contributed by atoms with Crippen molar-refractivity contribution in [1.82, 2.24) is 5.32 Å². The summed E-state index contributed by atoms with van der Waals surface area (Å²) in [4.78, 5) is 12.2. The minimum Gasteiger partial charge on any atom is -0.352 e. The Labute approximate surface area is 163 Å². The summed E-state index contributed by atoms with van der Waals surface area (Å²) in [5.41, 5.74) is 1.19. The number of halogens is 1. The molecule has 0 radical (unpaired) electrons. The molecule has 1 unspecified atom stereocenters. The van der Waals surface area contributed by atoms with E-state index in [-0.39, 0.29) is 34.5 Å². The molecule has 150 valence electrons. The highest BCUT2D eigenvalue weighted by atomic mass is 32.2. The van der Waals surface area contributed by atoms with Gasteiger partial charge in [0.1, 0.15) is 5.82 Å². The van der Waals surface area contributed by atoms with Gasteiger partial charge in [0, 0.05) is 12.1 Å². The average molecular weight is 426 g/mol. The molecule has 1 fully saturated rings. The van der Waals surface area contributed by atoms with Crippen LogP contribution in [0.2, 0.25) is 0 Å². The Bertz CT molecular complexity index is 1060. The Morgan fingerprint density at radius 2 is 1.71 bits per heavy atom. The molecule has 28 heavy (non-hydrogen) atoms. The van der Waals surface area contributed by atoms with Crippen LogP contribution in [-0.4, -0.2) is 46.0 Å². The van der Waals surface area contributed by atoms with Crippen LogP contribution in [0.25, 0.3) is 0 Å². The summed E-state index contributed by atoms with van der Waals surface area (Å²) in [5, 5.41) is 1.79. The molecule has 6 nitrogen and oxygen atoms in total. The SMILES string of the molecule is O=C(NCCc1ccc(F)cc1)c1ccc(S(=O)(=O)C2CCS(=O)(=O)C2)cc1. The van der Waals surface area contributed by atoms with Crippen LogP contribution in [0.5, 0.6) is 0 Å². The van der Waals surface area contributed by atoms with E-state index in [9.17, 15) is 26.0 Å². The number of benzene rings is 2. The maximum Gasteiger partial charge on any atom is 0.251 e. The molecule has 0 bridgehead atoms. The number of sulfone groups is 2. The largest absolute Gasteiger partial charge is 0.352 e. The van der Waals surface area contributed by atoms with Crippen molar-refractivity contribution < 1.29 is 26.0 Å². The first-order valence-corrected chi connectivity index (χ1v) is 12.1. The van der Waals surface area contributed by atoms with Crippen LogP contribution in [-0.2, 0) is 26.1 Å². The van der Waals surface area contributed by atoms with Crippen molar-refractivity contribution in [3.05, 3.63) is 65.5 Å². The van der Waals surface area contributed by atoms with Gasteiger partial charge in [0.2, 0.25) is 0 Å². The predicted molar refractivity (Wildman–Crippen MR) is 103 cm³/mol. The smallest absolute Gasteiger partial charge is 0.251 e. The van der Waals surface area contributed by atoms with Crippen molar-refractivity contribution in [3.8, 4) is 0 Å². The van der Waals surface area contributed by atoms with Crippen molar-refractivity contribution in [2.45, 2.75) is 23.0 Å². The minimum absolute atomic E-state index is 0.0115. The van der Waals surface area contributed by atoms with E-state index in [0.29, 0.717) is 18.5 Å². The molecule has 0 spiro atoms. The van der Waals surface area contributed by atoms with Gasteiger partial charge in [0.25, 0.3) is 5.91 Å². The molecular weight excluding hydrogens is 405 g/mol. The van der Waals surface area contributed by atoms with E-state index in [4.69, 9.17) is 0 Å². The molecule has 0 aliphatic carbocycles. The number of nitrogens with one attached hydrogen (secondary N) is 1. The third kappa shape index (κ3) is 4.77. The lowest BCUT2D eigenvalue weighted by atomic mass is 10.1. The fourth-order valence-electron chi connectivity index (χ4n) is 3.07. The van der Waals surface area contributed by atoms with Gasteiger partial charge in [0.15, 0.2) is 19.7 Å². The zero-order valence-corrected chi connectivity index (χ0v) is 16.6. The first kappa shape index (κ1) is 20.5. The third-order valence-corrected chi connectivity index (χ3v) is 8.88. The Kier molecular flexibility index (Phi) is 5.85. The first-order valence-electron chi connectivity index (χ1n) is 8.74. The summed E-state index contributed by atoms with van der Waals surface area (Å²) < 4.78 is 61.1. The number of hydrogen-bond acceptors (Lipinski definition) is 5. The first-order chi connectivity index (χ1) is 13.2. The number of hydrogen-bond donors (Lipinski definition) is 1. The van der Waals surface area contributed by atoms with E-state index in [1.807, 2.05) is 0 Å².